The molecule has 2 atom stereocenters. The zero-order valence-electron chi connectivity index (χ0n) is 15.1. The highest BCUT2D eigenvalue weighted by Crippen LogP contribution is 2.42. The maximum atomic E-state index is 11.1. The number of nitriles is 1. The molecule has 1 aromatic carbocycles. The topological polar surface area (TPSA) is 109 Å². The zero-order valence-corrected chi connectivity index (χ0v) is 15.1. The Labute approximate surface area is 156 Å². The van der Waals surface area contributed by atoms with E-state index in [4.69, 9.17) is 19.5 Å². The number of hydrogen-bond acceptors (Lipinski definition) is 7. The average Bonchev–Trinajstić information content (AvgIpc) is 2.67. The van der Waals surface area contributed by atoms with Gasteiger partial charge in [-0.25, -0.2) is 0 Å². The molecule has 0 saturated carbocycles. The van der Waals surface area contributed by atoms with Crippen molar-refractivity contribution in [3.8, 4) is 11.8 Å². The zero-order chi connectivity index (χ0) is 19.4. The fraction of sp³-hybridized carbons (Fsp3) is 0.368. The van der Waals surface area contributed by atoms with E-state index in [9.17, 15) is 10.3 Å². The summed E-state index contributed by atoms with van der Waals surface area (Å²) >= 11 is 0. The minimum Gasteiger partial charge on any atom is -0.479 e. The van der Waals surface area contributed by atoms with Gasteiger partial charge in [0.1, 0.15) is 24.0 Å². The van der Waals surface area contributed by atoms with Crippen molar-refractivity contribution in [2.75, 3.05) is 27.4 Å². The molecule has 1 aromatic heterocycles. The van der Waals surface area contributed by atoms with E-state index in [1.165, 1.54) is 20.3 Å². The summed E-state index contributed by atoms with van der Waals surface area (Å²) < 4.78 is 17.3. The fourth-order valence-corrected chi connectivity index (χ4v) is 3.27. The van der Waals surface area contributed by atoms with Crippen LogP contribution in [0.5, 0.6) is 5.75 Å². The number of nitrogens with zero attached hydrogens (tertiary/aromatic N) is 3. The Morgan fingerprint density at radius 1 is 1.19 bits per heavy atom. The van der Waals surface area contributed by atoms with Gasteiger partial charge in [-0.15, -0.1) is 0 Å². The van der Waals surface area contributed by atoms with Crippen LogP contribution in [0.1, 0.15) is 17.3 Å². The van der Waals surface area contributed by atoms with Gasteiger partial charge in [0.05, 0.1) is 13.2 Å². The Bertz CT molecular complexity index is 912. The lowest BCUT2D eigenvalue weighted by atomic mass is 9.85. The van der Waals surface area contributed by atoms with Crippen molar-refractivity contribution in [2.45, 2.75) is 17.7 Å². The second-order valence-electron chi connectivity index (χ2n) is 6.28. The molecule has 0 aliphatic carbocycles. The molecule has 2 N–H and O–H groups in total. The van der Waals surface area contributed by atoms with E-state index >= 15 is 0 Å². The molecule has 1 aliphatic rings. The molecule has 0 fully saturated rings. The molecule has 2 aromatic rings. The van der Waals surface area contributed by atoms with Crippen LogP contribution in [0, 0.1) is 11.3 Å². The van der Waals surface area contributed by atoms with Crippen molar-refractivity contribution >= 4 is 0 Å². The first-order valence-electron chi connectivity index (χ1n) is 8.35. The molecule has 8 nitrogen and oxygen atoms in total. The Kier molecular flexibility index (Phi) is 5.46. The second-order valence-corrected chi connectivity index (χ2v) is 6.28. The van der Waals surface area contributed by atoms with Gasteiger partial charge in [-0.3, -0.25) is 4.99 Å². The number of hydrogen-bond donors (Lipinski definition) is 2. The molecule has 1 aliphatic heterocycles. The van der Waals surface area contributed by atoms with Gasteiger partial charge in [0.2, 0.25) is 0 Å². The number of benzene rings is 1. The fourth-order valence-electron chi connectivity index (χ4n) is 3.27. The number of ether oxygens (including phenoxy) is 3. The van der Waals surface area contributed by atoms with Gasteiger partial charge < -0.3 is 24.5 Å². The summed E-state index contributed by atoms with van der Waals surface area (Å²) in [5, 5.41) is 30.5. The molecular formula is C19H21N3O5. The smallest absolute Gasteiger partial charge is 0.183 e. The first-order chi connectivity index (χ1) is 13.1. The first kappa shape index (κ1) is 18.9. The van der Waals surface area contributed by atoms with Gasteiger partial charge in [-0.05, 0) is 18.2 Å². The number of pyridine rings is 1. The molecule has 0 bridgehead atoms. The van der Waals surface area contributed by atoms with Gasteiger partial charge in [-0.1, -0.05) is 24.3 Å². The third kappa shape index (κ3) is 3.40. The predicted octanol–water partition coefficient (Wildman–Crippen LogP) is 1.02. The van der Waals surface area contributed by atoms with Gasteiger partial charge in [0, 0.05) is 19.8 Å². The molecule has 27 heavy (non-hydrogen) atoms. The van der Waals surface area contributed by atoms with Crippen molar-refractivity contribution < 1.29 is 24.5 Å². The van der Waals surface area contributed by atoms with E-state index in [0.29, 0.717) is 16.0 Å². The van der Waals surface area contributed by atoms with Crippen LogP contribution in [0.15, 0.2) is 47.5 Å². The van der Waals surface area contributed by atoms with E-state index in [2.05, 4.69) is 4.99 Å². The summed E-state index contributed by atoms with van der Waals surface area (Å²) in [7, 11) is 3.02. The summed E-state index contributed by atoms with van der Waals surface area (Å²) in [5.41, 5.74) is -0.334. The first-order valence-corrected chi connectivity index (χ1v) is 8.35. The molecule has 0 radical (unpaired) electrons. The number of methoxy groups -OCH3 is 2. The predicted molar refractivity (Wildman–Crippen MR) is 94.2 cm³/mol. The van der Waals surface area contributed by atoms with Crippen molar-refractivity contribution in [3.05, 3.63) is 59.2 Å². The maximum Gasteiger partial charge on any atom is 0.183 e. The lowest BCUT2D eigenvalue weighted by molar-refractivity contribution is -0.144. The number of aliphatic hydroxyl groups excluding tert-OH is 1. The number of para-hydroxylation sites is 1. The van der Waals surface area contributed by atoms with Crippen molar-refractivity contribution in [1.82, 2.24) is 4.73 Å². The van der Waals surface area contributed by atoms with E-state index in [1.54, 1.807) is 24.3 Å². The van der Waals surface area contributed by atoms with Crippen LogP contribution in [0.4, 0.5) is 0 Å². The summed E-state index contributed by atoms with van der Waals surface area (Å²) in [6.45, 7) is 0.166. The van der Waals surface area contributed by atoms with E-state index in [0.717, 1.165) is 0 Å². The lowest BCUT2D eigenvalue weighted by Gasteiger charge is -2.44. The second kappa shape index (κ2) is 7.80. The molecule has 0 spiro atoms. The van der Waals surface area contributed by atoms with Crippen LogP contribution in [-0.2, 0) is 9.47 Å². The van der Waals surface area contributed by atoms with Crippen LogP contribution in [0.25, 0.3) is 0 Å². The van der Waals surface area contributed by atoms with E-state index in [1.807, 2.05) is 18.2 Å². The van der Waals surface area contributed by atoms with Crippen LogP contribution in [0.2, 0.25) is 0 Å². The van der Waals surface area contributed by atoms with Crippen molar-refractivity contribution in [1.29, 1.82) is 5.26 Å². The summed E-state index contributed by atoms with van der Waals surface area (Å²) in [6, 6.07) is 13.0. The van der Waals surface area contributed by atoms with Crippen LogP contribution in [0.3, 0.4) is 0 Å². The summed E-state index contributed by atoms with van der Waals surface area (Å²) in [6.07, 6.45) is -1.11. The minimum atomic E-state index is -1.17. The number of rotatable bonds is 5. The van der Waals surface area contributed by atoms with Gasteiger partial charge in [0.25, 0.3) is 0 Å². The Balaban J connectivity index is 2.18. The average molecular weight is 371 g/mol. The Morgan fingerprint density at radius 2 is 1.89 bits per heavy atom. The quantitative estimate of drug-likeness (QED) is 0.760. The van der Waals surface area contributed by atoms with Crippen LogP contribution >= 0.6 is 0 Å². The Morgan fingerprint density at radius 3 is 2.56 bits per heavy atom. The SMILES string of the molecule is COCC1(COC)Oc2ccccc2[C@@H](N=c2cccc(C#N)n2O)[C@@H]1O. The number of aliphatic hydroxyl groups is 1. The van der Waals surface area contributed by atoms with Gasteiger partial charge in [-0.2, -0.15) is 9.99 Å². The minimum absolute atomic E-state index is 0.0335. The highest BCUT2D eigenvalue weighted by molar-refractivity contribution is 5.40. The number of aromatic nitrogens is 1. The lowest BCUT2D eigenvalue weighted by Crippen LogP contribution is -2.59. The van der Waals surface area contributed by atoms with Crippen molar-refractivity contribution in [2.24, 2.45) is 4.99 Å². The summed E-state index contributed by atoms with van der Waals surface area (Å²) in [4.78, 5) is 4.53. The normalized spacial score (nSPS) is 21.2. The molecule has 142 valence electrons. The van der Waals surface area contributed by atoms with E-state index in [-0.39, 0.29) is 24.4 Å². The molecule has 0 saturated heterocycles. The third-order valence-electron chi connectivity index (χ3n) is 4.50. The molecule has 3 rings (SSSR count). The molecular weight excluding hydrogens is 350 g/mol. The van der Waals surface area contributed by atoms with Crippen LogP contribution < -0.4 is 10.2 Å². The Hall–Kier alpha value is -2.86. The molecule has 0 amide bonds. The van der Waals surface area contributed by atoms with Crippen LogP contribution in [-0.4, -0.2) is 54.2 Å². The van der Waals surface area contributed by atoms with E-state index < -0.39 is 17.7 Å². The highest BCUT2D eigenvalue weighted by atomic mass is 16.6. The third-order valence-corrected chi connectivity index (χ3v) is 4.50. The molecule has 2 heterocycles. The largest absolute Gasteiger partial charge is 0.479 e. The molecule has 0 unspecified atom stereocenters. The monoisotopic (exact) mass is 371 g/mol. The maximum absolute atomic E-state index is 11.1. The highest BCUT2D eigenvalue weighted by Gasteiger charge is 2.50. The standard InChI is InChI=1S/C19H21N3O5/c1-25-11-19(12-26-2)18(23)17(14-7-3-4-8-15(14)27-19)21-16-9-5-6-13(10-20)22(16)24/h3-9,17-18,23-24H,11-12H2,1-2H3/t17-,18+/m1/s1. The van der Waals surface area contributed by atoms with Gasteiger partial charge in [0.15, 0.2) is 16.8 Å². The summed E-state index contributed by atoms with van der Waals surface area (Å²) in [5.74, 6) is 0.548. The van der Waals surface area contributed by atoms with Crippen molar-refractivity contribution in [3.63, 3.8) is 0 Å². The van der Waals surface area contributed by atoms with Gasteiger partial charge >= 0.3 is 0 Å². The molecule has 8 heteroatoms. The number of fused-ring (bicyclic) bond motifs is 1.